The van der Waals surface area contributed by atoms with Gasteiger partial charge in [0.15, 0.2) is 0 Å². The van der Waals surface area contributed by atoms with E-state index >= 15 is 0 Å². The summed E-state index contributed by atoms with van der Waals surface area (Å²) < 4.78 is 16.0. The lowest BCUT2D eigenvalue weighted by Gasteiger charge is -2.29. The van der Waals surface area contributed by atoms with E-state index in [0.717, 1.165) is 37.2 Å². The normalized spacial score (nSPS) is 15.5. The van der Waals surface area contributed by atoms with E-state index < -0.39 is 0 Å². The standard InChI is InChI=1S/C20H22N4O4/c1-26-17-4-2-3-16(11-17)21-18(25)12-24-8-5-14(6-9-24)19-22-23-20(28-19)15-7-10-27-13-15/h2-4,7,10-11,13-14H,5-6,8-9,12H2,1H3,(H,21,25). The van der Waals surface area contributed by atoms with Crippen LogP contribution in [0.1, 0.15) is 24.7 Å². The summed E-state index contributed by atoms with van der Waals surface area (Å²) in [5, 5.41) is 11.2. The minimum atomic E-state index is -0.0354. The topological polar surface area (TPSA) is 93.6 Å². The number of aromatic nitrogens is 2. The van der Waals surface area contributed by atoms with Crippen LogP contribution in [0.5, 0.6) is 5.75 Å². The Labute approximate surface area is 162 Å². The fourth-order valence-electron chi connectivity index (χ4n) is 3.34. The number of nitrogens with zero attached hydrogens (tertiary/aromatic N) is 3. The Morgan fingerprint density at radius 1 is 1.29 bits per heavy atom. The minimum absolute atomic E-state index is 0.0354. The summed E-state index contributed by atoms with van der Waals surface area (Å²) in [6.45, 7) is 1.97. The number of carbonyl (C=O) groups is 1. The van der Waals surface area contributed by atoms with E-state index in [-0.39, 0.29) is 11.8 Å². The first kappa shape index (κ1) is 18.2. The van der Waals surface area contributed by atoms with Gasteiger partial charge in [-0.3, -0.25) is 9.69 Å². The first-order valence-electron chi connectivity index (χ1n) is 9.23. The molecule has 1 amide bonds. The second-order valence-corrected chi connectivity index (χ2v) is 6.79. The monoisotopic (exact) mass is 382 g/mol. The fraction of sp³-hybridized carbons (Fsp3) is 0.350. The first-order chi connectivity index (χ1) is 13.7. The van der Waals surface area contributed by atoms with Crippen LogP contribution in [0.25, 0.3) is 11.5 Å². The number of amides is 1. The molecule has 0 radical (unpaired) electrons. The van der Waals surface area contributed by atoms with E-state index in [2.05, 4.69) is 20.4 Å². The molecule has 2 aromatic heterocycles. The van der Waals surface area contributed by atoms with Gasteiger partial charge in [-0.2, -0.15) is 0 Å². The number of ether oxygens (including phenoxy) is 1. The molecule has 0 bridgehead atoms. The number of anilines is 1. The van der Waals surface area contributed by atoms with Gasteiger partial charge in [-0.25, -0.2) is 0 Å². The number of hydrogen-bond donors (Lipinski definition) is 1. The smallest absolute Gasteiger partial charge is 0.250 e. The van der Waals surface area contributed by atoms with E-state index in [1.165, 1.54) is 0 Å². The summed E-state index contributed by atoms with van der Waals surface area (Å²) in [7, 11) is 1.60. The van der Waals surface area contributed by atoms with Crippen molar-refractivity contribution in [2.75, 3.05) is 32.1 Å². The number of nitrogens with one attached hydrogen (secondary N) is 1. The van der Waals surface area contributed by atoms with Crippen molar-refractivity contribution in [1.29, 1.82) is 0 Å². The van der Waals surface area contributed by atoms with E-state index in [9.17, 15) is 4.79 Å². The fourth-order valence-corrected chi connectivity index (χ4v) is 3.34. The van der Waals surface area contributed by atoms with Crippen LogP contribution < -0.4 is 10.1 Å². The van der Waals surface area contributed by atoms with Crippen LogP contribution in [0, 0.1) is 0 Å². The Kier molecular flexibility index (Phi) is 5.38. The van der Waals surface area contributed by atoms with Crippen LogP contribution in [0.3, 0.4) is 0 Å². The molecule has 1 N–H and O–H groups in total. The maximum absolute atomic E-state index is 12.3. The van der Waals surface area contributed by atoms with Crippen molar-refractivity contribution in [3.63, 3.8) is 0 Å². The van der Waals surface area contributed by atoms with Gasteiger partial charge in [0, 0.05) is 17.7 Å². The van der Waals surface area contributed by atoms with Crippen molar-refractivity contribution < 1.29 is 18.4 Å². The molecule has 8 heteroatoms. The Balaban J connectivity index is 1.27. The predicted octanol–water partition coefficient (Wildman–Crippen LogP) is 3.16. The Hall–Kier alpha value is -3.13. The van der Waals surface area contributed by atoms with Crippen molar-refractivity contribution in [2.24, 2.45) is 0 Å². The molecule has 146 valence electrons. The minimum Gasteiger partial charge on any atom is -0.497 e. The molecule has 3 aromatic rings. The average molecular weight is 382 g/mol. The zero-order valence-electron chi connectivity index (χ0n) is 15.6. The molecule has 0 unspecified atom stereocenters. The van der Waals surface area contributed by atoms with Gasteiger partial charge in [-0.15, -0.1) is 10.2 Å². The molecule has 1 aromatic carbocycles. The number of likely N-dealkylation sites (tertiary alicyclic amines) is 1. The Morgan fingerprint density at radius 2 is 2.14 bits per heavy atom. The van der Waals surface area contributed by atoms with Crippen molar-refractivity contribution >= 4 is 11.6 Å². The number of piperidine rings is 1. The number of rotatable bonds is 6. The van der Waals surface area contributed by atoms with E-state index in [1.807, 2.05) is 18.2 Å². The lowest BCUT2D eigenvalue weighted by atomic mass is 9.97. The first-order valence-corrected chi connectivity index (χ1v) is 9.23. The van der Waals surface area contributed by atoms with Gasteiger partial charge >= 0.3 is 0 Å². The van der Waals surface area contributed by atoms with Crippen LogP contribution in [-0.4, -0.2) is 47.7 Å². The highest BCUT2D eigenvalue weighted by Crippen LogP contribution is 2.29. The number of benzene rings is 1. The maximum atomic E-state index is 12.3. The molecule has 1 aliphatic heterocycles. The average Bonchev–Trinajstić information content (AvgIpc) is 3.40. The van der Waals surface area contributed by atoms with Gasteiger partial charge in [0.25, 0.3) is 5.89 Å². The van der Waals surface area contributed by atoms with Crippen molar-refractivity contribution in [3.05, 3.63) is 48.7 Å². The molecule has 1 saturated heterocycles. The second-order valence-electron chi connectivity index (χ2n) is 6.79. The number of furan rings is 1. The number of hydrogen-bond acceptors (Lipinski definition) is 7. The quantitative estimate of drug-likeness (QED) is 0.700. The highest BCUT2D eigenvalue weighted by Gasteiger charge is 2.26. The third kappa shape index (κ3) is 4.23. The molecule has 0 aliphatic carbocycles. The molecule has 0 spiro atoms. The third-order valence-electron chi connectivity index (χ3n) is 4.87. The summed E-state index contributed by atoms with van der Waals surface area (Å²) in [6.07, 6.45) is 4.91. The zero-order valence-corrected chi connectivity index (χ0v) is 15.6. The molecule has 1 fully saturated rings. The molecule has 28 heavy (non-hydrogen) atoms. The summed E-state index contributed by atoms with van der Waals surface area (Å²) in [4.78, 5) is 14.5. The van der Waals surface area contributed by atoms with Crippen LogP contribution in [0.2, 0.25) is 0 Å². The molecule has 0 atom stereocenters. The summed E-state index contributed by atoms with van der Waals surface area (Å²) >= 11 is 0. The lowest BCUT2D eigenvalue weighted by Crippen LogP contribution is -2.38. The van der Waals surface area contributed by atoms with Crippen molar-refractivity contribution in [3.8, 4) is 17.2 Å². The largest absolute Gasteiger partial charge is 0.497 e. The Bertz CT molecular complexity index is 914. The van der Waals surface area contributed by atoms with Crippen LogP contribution in [0.15, 0.2) is 51.7 Å². The van der Waals surface area contributed by atoms with Gasteiger partial charge in [0.2, 0.25) is 11.8 Å². The summed E-state index contributed by atoms with van der Waals surface area (Å²) in [5.41, 5.74) is 1.52. The van der Waals surface area contributed by atoms with Crippen molar-refractivity contribution in [2.45, 2.75) is 18.8 Å². The van der Waals surface area contributed by atoms with E-state index in [1.54, 1.807) is 31.8 Å². The number of methoxy groups -OCH3 is 1. The van der Waals surface area contributed by atoms with Crippen LogP contribution in [-0.2, 0) is 4.79 Å². The van der Waals surface area contributed by atoms with Crippen molar-refractivity contribution in [1.82, 2.24) is 15.1 Å². The van der Waals surface area contributed by atoms with Gasteiger partial charge in [-0.1, -0.05) is 6.07 Å². The van der Waals surface area contributed by atoms with Crippen LogP contribution in [0.4, 0.5) is 5.69 Å². The molecule has 3 heterocycles. The molecular weight excluding hydrogens is 360 g/mol. The van der Waals surface area contributed by atoms with Gasteiger partial charge in [0.05, 0.1) is 25.5 Å². The lowest BCUT2D eigenvalue weighted by molar-refractivity contribution is -0.117. The molecule has 0 saturated carbocycles. The molecule has 8 nitrogen and oxygen atoms in total. The third-order valence-corrected chi connectivity index (χ3v) is 4.87. The van der Waals surface area contributed by atoms with E-state index in [0.29, 0.717) is 24.1 Å². The SMILES string of the molecule is COc1cccc(NC(=O)CN2CCC(c3nnc(-c4ccoc4)o3)CC2)c1. The molecule has 1 aliphatic rings. The Morgan fingerprint density at radius 3 is 2.89 bits per heavy atom. The second kappa shape index (κ2) is 8.26. The molecule has 4 rings (SSSR count). The van der Waals surface area contributed by atoms with Gasteiger partial charge in [0.1, 0.15) is 12.0 Å². The highest BCUT2D eigenvalue weighted by molar-refractivity contribution is 5.92. The number of carbonyl (C=O) groups excluding carboxylic acids is 1. The van der Waals surface area contributed by atoms with E-state index in [4.69, 9.17) is 13.6 Å². The zero-order chi connectivity index (χ0) is 19.3. The summed E-state index contributed by atoms with van der Waals surface area (Å²) in [6, 6.07) is 9.13. The van der Waals surface area contributed by atoms with Crippen LogP contribution >= 0.6 is 0 Å². The predicted molar refractivity (Wildman–Crippen MR) is 102 cm³/mol. The highest BCUT2D eigenvalue weighted by atomic mass is 16.5. The molecular formula is C20H22N4O4. The summed E-state index contributed by atoms with van der Waals surface area (Å²) in [5.74, 6) is 2.02. The van der Waals surface area contributed by atoms with Gasteiger partial charge in [-0.05, 0) is 44.1 Å². The maximum Gasteiger partial charge on any atom is 0.250 e. The van der Waals surface area contributed by atoms with Gasteiger partial charge < -0.3 is 18.9 Å².